The fourth-order valence-corrected chi connectivity index (χ4v) is 6.77. The number of carbonyl (C=O) groups excluding carboxylic acids is 1. The van der Waals surface area contributed by atoms with Crippen molar-refractivity contribution >= 4 is 43.9 Å². The fourth-order valence-electron chi connectivity index (χ4n) is 4.57. The molecule has 1 saturated heterocycles. The highest BCUT2D eigenvalue weighted by Gasteiger charge is 2.23. The van der Waals surface area contributed by atoms with E-state index >= 15 is 4.39 Å². The number of rotatable bonds is 5. The standard InChI is InChI=1S/C26H24F2N6O2S/c1-15(27)26(35)32-18-8-5-16(6-9-18)23-21(22-24(29)30-14-31-25(22)34(23)2)17-7-10-20(19(28)13-17)33-37(36)11-3-4-12-37/h5-10,13-14H,1,3-4,11-12H2,2H3,(H,32,35)(H2,29,30,31). The largest absolute Gasteiger partial charge is 0.383 e. The van der Waals surface area contributed by atoms with Crippen LogP contribution in [-0.2, 0) is 21.6 Å². The first kappa shape index (κ1) is 24.6. The van der Waals surface area contributed by atoms with Gasteiger partial charge in [0.1, 0.15) is 29.3 Å². The first-order valence-corrected chi connectivity index (χ1v) is 13.4. The van der Waals surface area contributed by atoms with Crippen LogP contribution in [0.2, 0.25) is 0 Å². The molecule has 0 spiro atoms. The Morgan fingerprint density at radius 3 is 2.46 bits per heavy atom. The monoisotopic (exact) mass is 522 g/mol. The number of carbonyl (C=O) groups is 1. The third-order valence-electron chi connectivity index (χ3n) is 6.34. The van der Waals surface area contributed by atoms with E-state index in [1.807, 2.05) is 4.57 Å². The molecule has 0 aliphatic carbocycles. The third kappa shape index (κ3) is 4.57. The van der Waals surface area contributed by atoms with Crippen molar-refractivity contribution in [1.82, 2.24) is 14.5 Å². The van der Waals surface area contributed by atoms with E-state index < -0.39 is 27.3 Å². The number of hydrogen-bond acceptors (Lipinski definition) is 6. The summed E-state index contributed by atoms with van der Waals surface area (Å²) in [5.41, 5.74) is 9.77. The second kappa shape index (κ2) is 9.40. The van der Waals surface area contributed by atoms with Crippen molar-refractivity contribution in [2.75, 3.05) is 22.6 Å². The van der Waals surface area contributed by atoms with Gasteiger partial charge in [0.05, 0.1) is 20.8 Å². The zero-order valence-electron chi connectivity index (χ0n) is 20.0. The maximum Gasteiger partial charge on any atom is 0.283 e. The minimum absolute atomic E-state index is 0.0659. The quantitative estimate of drug-likeness (QED) is 0.344. The summed E-state index contributed by atoms with van der Waals surface area (Å²) >= 11 is 0. The predicted molar refractivity (Wildman–Crippen MR) is 142 cm³/mol. The molecule has 3 N–H and O–H groups in total. The molecule has 0 saturated carbocycles. The topological polar surface area (TPSA) is 115 Å². The Morgan fingerprint density at radius 1 is 1.14 bits per heavy atom. The average Bonchev–Trinajstić information content (AvgIpc) is 3.43. The number of amides is 1. The number of fused-ring (bicyclic) bond motifs is 1. The van der Waals surface area contributed by atoms with Gasteiger partial charge >= 0.3 is 0 Å². The maximum absolute atomic E-state index is 15.3. The molecule has 0 unspecified atom stereocenters. The Labute approximate surface area is 212 Å². The molecule has 8 nitrogen and oxygen atoms in total. The van der Waals surface area contributed by atoms with Crippen molar-refractivity contribution in [2.24, 2.45) is 11.4 Å². The van der Waals surface area contributed by atoms with Gasteiger partial charge in [0.15, 0.2) is 5.83 Å². The Hall–Kier alpha value is -4.12. The lowest BCUT2D eigenvalue weighted by Crippen LogP contribution is -2.10. The summed E-state index contributed by atoms with van der Waals surface area (Å²) < 4.78 is 47.3. The number of nitrogens with one attached hydrogen (secondary N) is 1. The van der Waals surface area contributed by atoms with Gasteiger partial charge < -0.3 is 15.6 Å². The van der Waals surface area contributed by atoms with Gasteiger partial charge in [-0.15, -0.1) is 0 Å². The van der Waals surface area contributed by atoms with E-state index in [0.29, 0.717) is 45.0 Å². The normalized spacial score (nSPS) is 14.6. The molecule has 11 heteroatoms. The summed E-state index contributed by atoms with van der Waals surface area (Å²) in [5.74, 6) is -1.42. The Balaban J connectivity index is 1.65. The van der Waals surface area contributed by atoms with Gasteiger partial charge in [-0.1, -0.05) is 24.8 Å². The van der Waals surface area contributed by atoms with E-state index in [0.717, 1.165) is 18.4 Å². The van der Waals surface area contributed by atoms with Crippen LogP contribution in [-0.4, -0.2) is 36.2 Å². The molecule has 37 heavy (non-hydrogen) atoms. The molecule has 0 radical (unpaired) electrons. The number of hydrogen-bond donors (Lipinski definition) is 2. The third-order valence-corrected chi connectivity index (χ3v) is 8.72. The summed E-state index contributed by atoms with van der Waals surface area (Å²) in [6, 6.07) is 11.3. The van der Waals surface area contributed by atoms with E-state index in [2.05, 4.69) is 26.2 Å². The second-order valence-corrected chi connectivity index (χ2v) is 11.4. The van der Waals surface area contributed by atoms with Crippen LogP contribution >= 0.6 is 0 Å². The van der Waals surface area contributed by atoms with Gasteiger partial charge in [-0.2, -0.15) is 4.36 Å². The van der Waals surface area contributed by atoms with Crippen molar-refractivity contribution < 1.29 is 17.8 Å². The molecule has 0 bridgehead atoms. The van der Waals surface area contributed by atoms with Crippen molar-refractivity contribution in [3.8, 4) is 22.4 Å². The molecule has 1 amide bonds. The molecule has 1 aliphatic heterocycles. The van der Waals surface area contributed by atoms with Crippen molar-refractivity contribution in [2.45, 2.75) is 12.8 Å². The van der Waals surface area contributed by atoms with Gasteiger partial charge in [-0.3, -0.25) is 4.79 Å². The van der Waals surface area contributed by atoms with Crippen LogP contribution in [0.5, 0.6) is 0 Å². The van der Waals surface area contributed by atoms with Crippen LogP contribution in [0.3, 0.4) is 0 Å². The zero-order chi connectivity index (χ0) is 26.3. The number of halogens is 2. The van der Waals surface area contributed by atoms with Crippen LogP contribution in [0.25, 0.3) is 33.4 Å². The molecule has 1 aliphatic rings. The zero-order valence-corrected chi connectivity index (χ0v) is 20.8. The molecule has 5 rings (SSSR count). The summed E-state index contributed by atoms with van der Waals surface area (Å²) in [7, 11) is -0.625. The molecule has 4 aromatic rings. The lowest BCUT2D eigenvalue weighted by molar-refractivity contribution is -0.114. The highest BCUT2D eigenvalue weighted by atomic mass is 32.2. The van der Waals surface area contributed by atoms with Crippen molar-refractivity contribution in [1.29, 1.82) is 0 Å². The Morgan fingerprint density at radius 2 is 1.81 bits per heavy atom. The van der Waals surface area contributed by atoms with E-state index in [1.165, 1.54) is 18.5 Å². The van der Waals surface area contributed by atoms with Crippen LogP contribution < -0.4 is 11.1 Å². The summed E-state index contributed by atoms with van der Waals surface area (Å²) in [4.78, 5) is 20.1. The SMILES string of the molecule is C=C(F)C(=O)Nc1ccc(-c2c(-c3ccc(N=S4(=O)CCCC4)c(F)c3)c3c(N)ncnc3n2C)cc1. The van der Waals surface area contributed by atoms with Crippen LogP contribution in [0.15, 0.2) is 65.6 Å². The minimum Gasteiger partial charge on any atom is -0.383 e. The molecule has 190 valence electrons. The smallest absolute Gasteiger partial charge is 0.283 e. The first-order valence-electron chi connectivity index (χ1n) is 11.5. The summed E-state index contributed by atoms with van der Waals surface area (Å²) in [6.45, 7) is 2.99. The number of nitrogens with two attached hydrogens (primary N) is 1. The fraction of sp³-hybridized carbons (Fsp3) is 0.192. The number of benzene rings is 2. The molecule has 2 aromatic carbocycles. The number of aryl methyl sites for hydroxylation is 1. The van der Waals surface area contributed by atoms with E-state index in [4.69, 9.17) is 5.73 Å². The molecule has 3 heterocycles. The van der Waals surface area contributed by atoms with Crippen molar-refractivity contribution in [3.05, 3.63) is 67.0 Å². The van der Waals surface area contributed by atoms with Crippen molar-refractivity contribution in [3.63, 3.8) is 0 Å². The van der Waals surface area contributed by atoms with E-state index in [-0.39, 0.29) is 11.5 Å². The second-order valence-electron chi connectivity index (χ2n) is 8.82. The lowest BCUT2D eigenvalue weighted by atomic mass is 9.98. The van der Waals surface area contributed by atoms with Crippen LogP contribution in [0.1, 0.15) is 12.8 Å². The molecule has 2 aromatic heterocycles. The molecule has 1 fully saturated rings. The number of nitrogen functional groups attached to an aromatic ring is 1. The molecular weight excluding hydrogens is 498 g/mol. The summed E-state index contributed by atoms with van der Waals surface area (Å²) in [5, 5.41) is 2.97. The van der Waals surface area contributed by atoms with Gasteiger partial charge in [0.2, 0.25) is 0 Å². The Bertz CT molecular complexity index is 1680. The van der Waals surface area contributed by atoms with Gasteiger partial charge in [0.25, 0.3) is 5.91 Å². The number of anilines is 2. The van der Waals surface area contributed by atoms with E-state index in [9.17, 15) is 13.4 Å². The molecule has 0 atom stereocenters. The van der Waals surface area contributed by atoms with Crippen LogP contribution in [0, 0.1) is 5.82 Å². The highest BCUT2D eigenvalue weighted by Crippen LogP contribution is 2.42. The number of nitrogens with zero attached hydrogens (tertiary/aromatic N) is 4. The van der Waals surface area contributed by atoms with Gasteiger partial charge in [-0.25, -0.2) is 23.0 Å². The van der Waals surface area contributed by atoms with Gasteiger partial charge in [0, 0.05) is 29.8 Å². The number of aromatic nitrogens is 3. The highest BCUT2D eigenvalue weighted by molar-refractivity contribution is 7.93. The minimum atomic E-state index is -2.43. The molecular formula is C26H24F2N6O2S. The Kier molecular flexibility index (Phi) is 6.24. The van der Waals surface area contributed by atoms with Crippen LogP contribution in [0.4, 0.5) is 26.0 Å². The van der Waals surface area contributed by atoms with E-state index in [1.54, 1.807) is 37.4 Å². The summed E-state index contributed by atoms with van der Waals surface area (Å²) in [6.07, 6.45) is 3.01. The average molecular weight is 523 g/mol. The predicted octanol–water partition coefficient (Wildman–Crippen LogP) is 5.34. The van der Waals surface area contributed by atoms with Gasteiger partial charge in [-0.05, 0) is 48.2 Å². The lowest BCUT2D eigenvalue weighted by Gasteiger charge is -2.11. The maximum atomic E-state index is 15.3. The first-order chi connectivity index (χ1) is 17.7.